The Bertz CT molecular complexity index is 603. The first-order chi connectivity index (χ1) is 12.2. The number of amides is 1. The lowest BCUT2D eigenvalue weighted by Crippen LogP contribution is -2.24. The molecule has 0 aliphatic carbocycles. The minimum absolute atomic E-state index is 0.0176. The highest BCUT2D eigenvalue weighted by atomic mass is 35.5. The molecule has 3 rings (SSSR count). The minimum Gasteiger partial charge on any atom is -0.378 e. The number of carbonyl (C=O) groups is 1. The normalized spacial score (nSPS) is 22.0. The zero-order valence-electron chi connectivity index (χ0n) is 14.3. The fourth-order valence-electron chi connectivity index (χ4n) is 3.09. The number of nitrogens with zero attached hydrogens (tertiary/aromatic N) is 3. The fraction of sp³-hybridized carbons (Fsp3) is 0.611. The number of unbranched alkanes of at least 4 members (excludes halogenated alkanes) is 1. The standard InChI is InChI=1S/C18H24ClN3O2S/c19-16-8-7-14(12-20-16)13-22-9-11-25-18(22)21-17(23)6-2-1-4-15-5-3-10-24-15/h7-8,12,15H,1-6,9-11,13H2/b21-18-. The molecule has 2 saturated heterocycles. The van der Waals surface area contributed by atoms with Crippen LogP contribution in [0.1, 0.15) is 44.1 Å². The maximum atomic E-state index is 12.1. The van der Waals surface area contributed by atoms with Crippen LogP contribution >= 0.6 is 23.4 Å². The molecule has 1 atom stereocenters. The SMILES string of the molecule is O=C(CCCCC1CCCO1)/N=C1\SCCN1Cc1ccc(Cl)nc1. The van der Waals surface area contributed by atoms with E-state index in [1.807, 2.05) is 6.07 Å². The Morgan fingerprint density at radius 2 is 2.36 bits per heavy atom. The van der Waals surface area contributed by atoms with Gasteiger partial charge in [-0.2, -0.15) is 4.99 Å². The van der Waals surface area contributed by atoms with E-state index in [1.165, 1.54) is 12.8 Å². The quantitative estimate of drug-likeness (QED) is 0.529. The molecule has 2 fully saturated rings. The van der Waals surface area contributed by atoms with Crippen molar-refractivity contribution >= 4 is 34.4 Å². The average Bonchev–Trinajstić information content (AvgIpc) is 3.26. The smallest absolute Gasteiger partial charge is 0.248 e. The topological polar surface area (TPSA) is 54.8 Å². The molecule has 0 N–H and O–H groups in total. The summed E-state index contributed by atoms with van der Waals surface area (Å²) in [6.07, 6.45) is 8.04. The highest BCUT2D eigenvalue weighted by Gasteiger charge is 2.21. The first-order valence-electron chi connectivity index (χ1n) is 8.92. The van der Waals surface area contributed by atoms with Crippen LogP contribution in [0.15, 0.2) is 23.3 Å². The number of hydrogen-bond donors (Lipinski definition) is 0. The van der Waals surface area contributed by atoms with Gasteiger partial charge in [-0.3, -0.25) is 4.79 Å². The van der Waals surface area contributed by atoms with Crippen molar-refractivity contribution in [2.24, 2.45) is 4.99 Å². The molecule has 0 spiro atoms. The Balaban J connectivity index is 1.43. The van der Waals surface area contributed by atoms with Gasteiger partial charge in [0.15, 0.2) is 5.17 Å². The molecule has 0 saturated carbocycles. The van der Waals surface area contributed by atoms with Crippen LogP contribution in [-0.2, 0) is 16.1 Å². The third-order valence-corrected chi connectivity index (χ3v) is 5.65. The van der Waals surface area contributed by atoms with Crippen LogP contribution in [0.3, 0.4) is 0 Å². The Morgan fingerprint density at radius 3 is 3.12 bits per heavy atom. The molecule has 136 valence electrons. The Labute approximate surface area is 158 Å². The van der Waals surface area contributed by atoms with Gasteiger partial charge < -0.3 is 9.64 Å². The maximum absolute atomic E-state index is 12.1. The first-order valence-corrected chi connectivity index (χ1v) is 10.3. The third-order valence-electron chi connectivity index (χ3n) is 4.44. The van der Waals surface area contributed by atoms with E-state index in [1.54, 1.807) is 24.0 Å². The van der Waals surface area contributed by atoms with Gasteiger partial charge in [0.2, 0.25) is 5.91 Å². The summed E-state index contributed by atoms with van der Waals surface area (Å²) in [5, 5.41) is 1.32. The monoisotopic (exact) mass is 381 g/mol. The highest BCUT2D eigenvalue weighted by Crippen LogP contribution is 2.22. The largest absolute Gasteiger partial charge is 0.378 e. The Hall–Kier alpha value is -1.11. The number of pyridine rings is 1. The van der Waals surface area contributed by atoms with Crippen LogP contribution in [0.2, 0.25) is 5.15 Å². The summed E-state index contributed by atoms with van der Waals surface area (Å²) in [5.41, 5.74) is 1.07. The Morgan fingerprint density at radius 1 is 1.44 bits per heavy atom. The highest BCUT2D eigenvalue weighted by molar-refractivity contribution is 8.14. The number of halogens is 1. The minimum atomic E-state index is -0.0176. The summed E-state index contributed by atoms with van der Waals surface area (Å²) >= 11 is 7.47. The number of amidine groups is 1. The van der Waals surface area contributed by atoms with Gasteiger partial charge in [0.1, 0.15) is 5.15 Å². The lowest BCUT2D eigenvalue weighted by atomic mass is 10.1. The van der Waals surface area contributed by atoms with E-state index in [-0.39, 0.29) is 5.91 Å². The molecule has 3 heterocycles. The molecule has 0 radical (unpaired) electrons. The van der Waals surface area contributed by atoms with Crippen LogP contribution in [0.5, 0.6) is 0 Å². The van der Waals surface area contributed by atoms with Gasteiger partial charge in [-0.15, -0.1) is 0 Å². The van der Waals surface area contributed by atoms with E-state index in [4.69, 9.17) is 16.3 Å². The van der Waals surface area contributed by atoms with Crippen molar-refractivity contribution in [3.8, 4) is 0 Å². The molecule has 0 bridgehead atoms. The molecule has 1 aromatic heterocycles. The number of aliphatic imine (C=N–C) groups is 1. The zero-order chi connectivity index (χ0) is 17.5. The molecular formula is C18H24ClN3O2S. The number of aromatic nitrogens is 1. The van der Waals surface area contributed by atoms with Crippen LogP contribution in [0, 0.1) is 0 Å². The Kier molecular flexibility index (Phi) is 7.13. The number of thioether (sulfide) groups is 1. The lowest BCUT2D eigenvalue weighted by Gasteiger charge is -2.17. The van der Waals surface area contributed by atoms with E-state index in [0.717, 1.165) is 48.9 Å². The van der Waals surface area contributed by atoms with Crippen LogP contribution in [-0.4, -0.2) is 46.0 Å². The van der Waals surface area contributed by atoms with Crippen molar-refractivity contribution in [3.05, 3.63) is 29.0 Å². The van der Waals surface area contributed by atoms with Gasteiger partial charge >= 0.3 is 0 Å². The van der Waals surface area contributed by atoms with Gasteiger partial charge in [-0.05, 0) is 37.3 Å². The number of rotatable bonds is 7. The van der Waals surface area contributed by atoms with Gasteiger partial charge in [-0.25, -0.2) is 4.98 Å². The molecule has 2 aliphatic rings. The number of ether oxygens (including phenoxy) is 1. The number of hydrogen-bond acceptors (Lipinski definition) is 4. The van der Waals surface area contributed by atoms with Gasteiger partial charge in [-0.1, -0.05) is 35.9 Å². The van der Waals surface area contributed by atoms with Gasteiger partial charge in [0.05, 0.1) is 6.10 Å². The first kappa shape index (κ1) is 18.7. The maximum Gasteiger partial charge on any atom is 0.248 e. The van der Waals surface area contributed by atoms with Crippen molar-refractivity contribution in [2.45, 2.75) is 51.2 Å². The van der Waals surface area contributed by atoms with E-state index in [0.29, 0.717) is 24.2 Å². The molecule has 5 nitrogen and oxygen atoms in total. The summed E-state index contributed by atoms with van der Waals surface area (Å²) in [6, 6.07) is 3.75. The van der Waals surface area contributed by atoms with E-state index >= 15 is 0 Å². The van der Waals surface area contributed by atoms with Crippen molar-refractivity contribution < 1.29 is 9.53 Å². The van der Waals surface area contributed by atoms with Crippen LogP contribution < -0.4 is 0 Å². The van der Waals surface area contributed by atoms with Gasteiger partial charge in [0.25, 0.3) is 0 Å². The second-order valence-electron chi connectivity index (χ2n) is 6.43. The predicted molar refractivity (Wildman–Crippen MR) is 102 cm³/mol. The molecule has 1 aromatic rings. The number of carbonyl (C=O) groups excluding carboxylic acids is 1. The van der Waals surface area contributed by atoms with Crippen LogP contribution in [0.25, 0.3) is 0 Å². The van der Waals surface area contributed by atoms with Crippen molar-refractivity contribution in [1.29, 1.82) is 0 Å². The van der Waals surface area contributed by atoms with Crippen molar-refractivity contribution in [1.82, 2.24) is 9.88 Å². The molecule has 25 heavy (non-hydrogen) atoms. The third kappa shape index (κ3) is 5.97. The summed E-state index contributed by atoms with van der Waals surface area (Å²) < 4.78 is 5.61. The molecular weight excluding hydrogens is 358 g/mol. The molecule has 2 aliphatic heterocycles. The predicted octanol–water partition coefficient (Wildman–Crippen LogP) is 3.91. The van der Waals surface area contributed by atoms with Gasteiger partial charge in [0, 0.05) is 38.1 Å². The molecule has 7 heteroatoms. The summed E-state index contributed by atoms with van der Waals surface area (Å²) in [5.74, 6) is 0.947. The van der Waals surface area contributed by atoms with Crippen LogP contribution in [0.4, 0.5) is 0 Å². The van der Waals surface area contributed by atoms with Crippen molar-refractivity contribution in [3.63, 3.8) is 0 Å². The average molecular weight is 382 g/mol. The van der Waals surface area contributed by atoms with E-state index in [9.17, 15) is 4.79 Å². The molecule has 1 amide bonds. The fourth-order valence-corrected chi connectivity index (χ4v) is 4.20. The lowest BCUT2D eigenvalue weighted by molar-refractivity contribution is -0.117. The molecule has 1 unspecified atom stereocenters. The second kappa shape index (κ2) is 9.55. The van der Waals surface area contributed by atoms with E-state index in [2.05, 4.69) is 14.9 Å². The summed E-state index contributed by atoms with van der Waals surface area (Å²) in [6.45, 7) is 2.51. The second-order valence-corrected chi connectivity index (χ2v) is 7.88. The molecule has 0 aromatic carbocycles. The zero-order valence-corrected chi connectivity index (χ0v) is 15.9. The van der Waals surface area contributed by atoms with E-state index < -0.39 is 0 Å². The van der Waals surface area contributed by atoms with Crippen molar-refractivity contribution in [2.75, 3.05) is 18.9 Å². The summed E-state index contributed by atoms with van der Waals surface area (Å²) in [4.78, 5) is 22.7. The summed E-state index contributed by atoms with van der Waals surface area (Å²) in [7, 11) is 0.